The van der Waals surface area contributed by atoms with E-state index in [1.165, 1.54) is 18.1 Å². The molecule has 0 radical (unpaired) electrons. The molecule has 4 rings (SSSR count). The maximum absolute atomic E-state index is 13.3. The van der Waals surface area contributed by atoms with Gasteiger partial charge in [-0.25, -0.2) is 0 Å². The number of halogens is 1. The summed E-state index contributed by atoms with van der Waals surface area (Å²) in [4.78, 5) is 27.9. The summed E-state index contributed by atoms with van der Waals surface area (Å²) in [5.74, 6) is -0.831. The number of carbonyl (C=O) groups excluding carboxylic acids is 2. The summed E-state index contributed by atoms with van der Waals surface area (Å²) >= 11 is 6.12. The lowest BCUT2D eigenvalue weighted by molar-refractivity contribution is -0.132. The monoisotopic (exact) mass is 463 g/mol. The van der Waals surface area contributed by atoms with Gasteiger partial charge in [-0.3, -0.25) is 14.5 Å². The molecule has 33 heavy (non-hydrogen) atoms. The number of hydrogen-bond donors (Lipinski definition) is 1. The highest BCUT2D eigenvalue weighted by molar-refractivity contribution is 6.51. The maximum atomic E-state index is 13.3. The van der Waals surface area contributed by atoms with Crippen LogP contribution in [0.25, 0.3) is 5.76 Å². The number of ether oxygens (including phenoxy) is 2. The molecule has 0 bridgehead atoms. The number of benzene rings is 3. The Labute approximate surface area is 196 Å². The highest BCUT2D eigenvalue weighted by atomic mass is 35.5. The number of aryl methyl sites for hydroxylation is 1. The van der Waals surface area contributed by atoms with E-state index >= 15 is 0 Å². The van der Waals surface area contributed by atoms with Crippen molar-refractivity contribution >= 4 is 34.7 Å². The molecule has 1 saturated heterocycles. The molecule has 7 heteroatoms. The summed E-state index contributed by atoms with van der Waals surface area (Å²) in [7, 11) is 3.01. The summed E-state index contributed by atoms with van der Waals surface area (Å²) in [5.41, 5.74) is 2.44. The molecule has 3 aromatic rings. The number of aliphatic hydroxyl groups excluding tert-OH is 1. The normalized spacial score (nSPS) is 17.3. The second-order valence-electron chi connectivity index (χ2n) is 7.57. The number of aliphatic hydroxyl groups is 1. The summed E-state index contributed by atoms with van der Waals surface area (Å²) < 4.78 is 10.5. The first-order valence-corrected chi connectivity index (χ1v) is 10.6. The van der Waals surface area contributed by atoms with Crippen LogP contribution in [0.15, 0.2) is 72.3 Å². The second-order valence-corrected chi connectivity index (χ2v) is 7.98. The van der Waals surface area contributed by atoms with E-state index in [-0.39, 0.29) is 11.3 Å². The van der Waals surface area contributed by atoms with Crippen molar-refractivity contribution in [3.8, 4) is 11.5 Å². The summed E-state index contributed by atoms with van der Waals surface area (Å²) in [6.45, 7) is 1.90. The van der Waals surface area contributed by atoms with Gasteiger partial charge in [-0.15, -0.1) is 0 Å². The Hall–Kier alpha value is -3.77. The van der Waals surface area contributed by atoms with Gasteiger partial charge in [-0.05, 0) is 60.5 Å². The molecule has 1 aliphatic heterocycles. The van der Waals surface area contributed by atoms with E-state index in [2.05, 4.69) is 0 Å². The van der Waals surface area contributed by atoms with E-state index in [1.807, 2.05) is 31.2 Å². The Morgan fingerprint density at radius 3 is 2.30 bits per heavy atom. The fourth-order valence-electron chi connectivity index (χ4n) is 3.99. The Kier molecular flexibility index (Phi) is 6.11. The SMILES string of the molecule is COc1ccc(N2C(=O)C(=O)/C(=C(/O)c3ccc(Cl)c(OC)c3)C2c2ccccc2C)cc1. The number of rotatable bonds is 5. The molecule has 0 aromatic heterocycles. The predicted molar refractivity (Wildman–Crippen MR) is 127 cm³/mol. The molecule has 3 aromatic carbocycles. The number of carbonyl (C=O) groups is 2. The average molecular weight is 464 g/mol. The first-order valence-electron chi connectivity index (χ1n) is 10.2. The van der Waals surface area contributed by atoms with E-state index < -0.39 is 17.7 Å². The van der Waals surface area contributed by atoms with Gasteiger partial charge in [-0.1, -0.05) is 35.9 Å². The van der Waals surface area contributed by atoms with E-state index in [1.54, 1.807) is 43.5 Å². The number of methoxy groups -OCH3 is 2. The number of ketones is 1. The standard InChI is InChI=1S/C26H22ClNO5/c1-15-6-4-5-7-19(15)23-22(24(29)16-8-13-20(27)21(14-16)33-3)25(30)26(31)28(23)17-9-11-18(32-2)12-10-17/h4-14,23,29H,1-3H3/b24-22+. The van der Waals surface area contributed by atoms with E-state index in [4.69, 9.17) is 21.1 Å². The van der Waals surface area contributed by atoms with Gasteiger partial charge in [0.1, 0.15) is 17.3 Å². The Bertz CT molecular complexity index is 1270. The van der Waals surface area contributed by atoms with Crippen molar-refractivity contribution in [2.24, 2.45) is 0 Å². The van der Waals surface area contributed by atoms with Gasteiger partial charge in [0.15, 0.2) is 0 Å². The molecule has 0 spiro atoms. The molecule has 1 aliphatic rings. The molecule has 1 heterocycles. The van der Waals surface area contributed by atoms with Gasteiger partial charge in [0.05, 0.1) is 30.9 Å². The van der Waals surface area contributed by atoms with Gasteiger partial charge in [-0.2, -0.15) is 0 Å². The van der Waals surface area contributed by atoms with Crippen molar-refractivity contribution in [3.63, 3.8) is 0 Å². The number of hydrogen-bond acceptors (Lipinski definition) is 5. The van der Waals surface area contributed by atoms with Crippen molar-refractivity contribution in [2.45, 2.75) is 13.0 Å². The maximum Gasteiger partial charge on any atom is 0.300 e. The Morgan fingerprint density at radius 1 is 0.970 bits per heavy atom. The lowest BCUT2D eigenvalue weighted by Crippen LogP contribution is -2.29. The Balaban J connectivity index is 1.95. The molecule has 1 atom stereocenters. The fourth-order valence-corrected chi connectivity index (χ4v) is 4.19. The third-order valence-corrected chi connectivity index (χ3v) is 6.01. The van der Waals surface area contributed by atoms with Crippen LogP contribution in [0.3, 0.4) is 0 Å². The second kappa shape index (κ2) is 9.00. The van der Waals surface area contributed by atoms with Crippen LogP contribution in [0.4, 0.5) is 5.69 Å². The van der Waals surface area contributed by atoms with Crippen LogP contribution in [-0.4, -0.2) is 31.0 Å². The molecule has 168 valence electrons. The molecule has 1 amide bonds. The molecule has 1 N–H and O–H groups in total. The first-order chi connectivity index (χ1) is 15.9. The van der Waals surface area contributed by atoms with Crippen LogP contribution in [0.2, 0.25) is 5.02 Å². The van der Waals surface area contributed by atoms with Crippen molar-refractivity contribution in [2.75, 3.05) is 19.1 Å². The number of amides is 1. The predicted octanol–water partition coefficient (Wildman–Crippen LogP) is 5.29. The molecular formula is C26H22ClNO5. The van der Waals surface area contributed by atoms with Gasteiger partial charge in [0, 0.05) is 11.3 Å². The van der Waals surface area contributed by atoms with Gasteiger partial charge in [0.25, 0.3) is 11.7 Å². The Morgan fingerprint density at radius 2 is 1.67 bits per heavy atom. The molecule has 6 nitrogen and oxygen atoms in total. The molecule has 1 unspecified atom stereocenters. The topological polar surface area (TPSA) is 76.1 Å². The lowest BCUT2D eigenvalue weighted by Gasteiger charge is -2.26. The summed E-state index contributed by atoms with van der Waals surface area (Å²) in [6, 6.07) is 18.2. The highest BCUT2D eigenvalue weighted by Crippen LogP contribution is 2.43. The van der Waals surface area contributed by atoms with Gasteiger partial charge >= 0.3 is 0 Å². The first kappa shape index (κ1) is 22.4. The van der Waals surface area contributed by atoms with Gasteiger partial charge in [0.2, 0.25) is 0 Å². The number of anilines is 1. The smallest absolute Gasteiger partial charge is 0.300 e. The zero-order valence-corrected chi connectivity index (χ0v) is 19.1. The van der Waals surface area contributed by atoms with Crippen LogP contribution < -0.4 is 14.4 Å². The third-order valence-electron chi connectivity index (χ3n) is 5.70. The highest BCUT2D eigenvalue weighted by Gasteiger charge is 2.47. The number of Topliss-reactive ketones (excluding diaryl/α,β-unsaturated/α-hetero) is 1. The zero-order valence-electron chi connectivity index (χ0n) is 18.3. The van der Waals surface area contributed by atoms with E-state index in [0.29, 0.717) is 27.8 Å². The molecule has 1 fully saturated rings. The van der Waals surface area contributed by atoms with Crippen molar-refractivity contribution in [1.82, 2.24) is 0 Å². The van der Waals surface area contributed by atoms with E-state index in [9.17, 15) is 14.7 Å². The van der Waals surface area contributed by atoms with Crippen LogP contribution in [0.5, 0.6) is 11.5 Å². The zero-order chi connectivity index (χ0) is 23.7. The lowest BCUT2D eigenvalue weighted by atomic mass is 9.92. The summed E-state index contributed by atoms with van der Waals surface area (Å²) in [6.07, 6.45) is 0. The van der Waals surface area contributed by atoms with Crippen LogP contribution >= 0.6 is 11.6 Å². The summed E-state index contributed by atoms with van der Waals surface area (Å²) in [5, 5.41) is 11.6. The van der Waals surface area contributed by atoms with Crippen molar-refractivity contribution in [3.05, 3.63) is 94.0 Å². The van der Waals surface area contributed by atoms with Crippen molar-refractivity contribution in [1.29, 1.82) is 0 Å². The largest absolute Gasteiger partial charge is 0.507 e. The molecule has 0 saturated carbocycles. The third kappa shape index (κ3) is 3.94. The number of nitrogens with zero attached hydrogens (tertiary/aromatic N) is 1. The van der Waals surface area contributed by atoms with Crippen molar-refractivity contribution < 1.29 is 24.2 Å². The molecular weight excluding hydrogens is 442 g/mol. The van der Waals surface area contributed by atoms with Crippen LogP contribution in [-0.2, 0) is 9.59 Å². The minimum absolute atomic E-state index is 0.00510. The fraction of sp³-hybridized carbons (Fsp3) is 0.154. The average Bonchev–Trinajstić information content (AvgIpc) is 3.09. The van der Waals surface area contributed by atoms with Crippen LogP contribution in [0.1, 0.15) is 22.7 Å². The molecule has 0 aliphatic carbocycles. The van der Waals surface area contributed by atoms with Gasteiger partial charge < -0.3 is 14.6 Å². The van der Waals surface area contributed by atoms with Crippen LogP contribution in [0, 0.1) is 6.92 Å². The van der Waals surface area contributed by atoms with E-state index in [0.717, 1.165) is 11.1 Å². The minimum Gasteiger partial charge on any atom is -0.507 e. The quantitative estimate of drug-likeness (QED) is 0.316. The minimum atomic E-state index is -0.818.